The Morgan fingerprint density at radius 3 is 2.30 bits per heavy atom. The van der Waals surface area contributed by atoms with E-state index in [-0.39, 0.29) is 5.91 Å². The van der Waals surface area contributed by atoms with Crippen LogP contribution < -0.4 is 5.48 Å². The van der Waals surface area contributed by atoms with Gasteiger partial charge in [0.15, 0.2) is 0 Å². The molecule has 0 unspecified atom stereocenters. The van der Waals surface area contributed by atoms with Crippen molar-refractivity contribution in [3.8, 4) is 0 Å². The minimum atomic E-state index is -1.16. The van der Waals surface area contributed by atoms with E-state index in [1.54, 1.807) is 0 Å². The average molecular weight is 161 g/mol. The third-order valence-electron chi connectivity index (χ3n) is 0.721. The minimum absolute atomic E-state index is 0.141. The molecule has 0 spiro atoms. The van der Waals surface area contributed by atoms with Crippen molar-refractivity contribution < 1.29 is 9.63 Å². The molecule has 10 heavy (non-hydrogen) atoms. The minimum Gasteiger partial charge on any atom is -0.277 e. The van der Waals surface area contributed by atoms with Crippen molar-refractivity contribution >= 4 is 14.0 Å². The van der Waals surface area contributed by atoms with E-state index in [2.05, 4.69) is 25.1 Å². The Morgan fingerprint density at radius 2 is 2.00 bits per heavy atom. The molecule has 0 aromatic carbocycles. The highest BCUT2D eigenvalue weighted by molar-refractivity contribution is 6.76. The third kappa shape index (κ3) is 7.65. The van der Waals surface area contributed by atoms with Crippen molar-refractivity contribution in [2.45, 2.75) is 26.6 Å². The number of hydroxylamine groups is 1. The van der Waals surface area contributed by atoms with Gasteiger partial charge in [0.1, 0.15) is 0 Å². The SMILES string of the molecule is CC(=O)NOC[Si](C)(C)C. The first kappa shape index (κ1) is 9.65. The molecule has 4 heteroatoms. The fourth-order valence-electron chi connectivity index (χ4n) is 0.354. The van der Waals surface area contributed by atoms with Gasteiger partial charge in [-0.15, -0.1) is 0 Å². The Kier molecular flexibility index (Phi) is 3.60. The fourth-order valence-corrected chi connectivity index (χ4v) is 0.859. The highest BCUT2D eigenvalue weighted by Gasteiger charge is 2.13. The summed E-state index contributed by atoms with van der Waals surface area (Å²) >= 11 is 0. The zero-order chi connectivity index (χ0) is 8.20. The van der Waals surface area contributed by atoms with Crippen LogP contribution in [0.4, 0.5) is 0 Å². The second kappa shape index (κ2) is 3.73. The van der Waals surface area contributed by atoms with Crippen molar-refractivity contribution in [2.75, 3.05) is 6.23 Å². The molecule has 0 heterocycles. The van der Waals surface area contributed by atoms with Gasteiger partial charge in [0.25, 0.3) is 0 Å². The molecular weight excluding hydrogens is 146 g/mol. The van der Waals surface area contributed by atoms with Gasteiger partial charge in [-0.05, 0) is 0 Å². The monoisotopic (exact) mass is 161 g/mol. The maximum Gasteiger partial charge on any atom is 0.240 e. The van der Waals surface area contributed by atoms with Crippen LogP contribution in [0.15, 0.2) is 0 Å². The summed E-state index contributed by atoms with van der Waals surface area (Å²) in [5.74, 6) is -0.141. The highest BCUT2D eigenvalue weighted by Crippen LogP contribution is 1.98. The van der Waals surface area contributed by atoms with Crippen LogP contribution in [0.5, 0.6) is 0 Å². The molecule has 0 rings (SSSR count). The molecule has 0 aliphatic carbocycles. The number of carbonyl (C=O) groups is 1. The molecule has 0 fully saturated rings. The maximum absolute atomic E-state index is 10.3. The zero-order valence-electron chi connectivity index (χ0n) is 7.02. The Hall–Kier alpha value is -0.353. The summed E-state index contributed by atoms with van der Waals surface area (Å²) in [7, 11) is -1.16. The summed E-state index contributed by atoms with van der Waals surface area (Å²) < 4.78 is 0. The van der Waals surface area contributed by atoms with Gasteiger partial charge >= 0.3 is 0 Å². The van der Waals surface area contributed by atoms with Crippen molar-refractivity contribution in [3.63, 3.8) is 0 Å². The van der Waals surface area contributed by atoms with Crippen LogP contribution in [0.2, 0.25) is 19.6 Å². The largest absolute Gasteiger partial charge is 0.277 e. The van der Waals surface area contributed by atoms with E-state index in [1.807, 2.05) is 0 Å². The van der Waals surface area contributed by atoms with Crippen LogP contribution in [0.3, 0.4) is 0 Å². The van der Waals surface area contributed by atoms with Crippen LogP contribution in [-0.4, -0.2) is 20.2 Å². The van der Waals surface area contributed by atoms with E-state index in [0.29, 0.717) is 6.23 Å². The van der Waals surface area contributed by atoms with Crippen molar-refractivity contribution in [1.29, 1.82) is 0 Å². The Balaban J connectivity index is 3.29. The third-order valence-corrected chi connectivity index (χ3v) is 1.73. The molecule has 1 amide bonds. The van der Waals surface area contributed by atoms with E-state index in [9.17, 15) is 4.79 Å². The van der Waals surface area contributed by atoms with Gasteiger partial charge in [-0.1, -0.05) is 19.6 Å². The first-order chi connectivity index (χ1) is 4.42. The number of nitrogens with one attached hydrogen (secondary N) is 1. The lowest BCUT2D eigenvalue weighted by Gasteiger charge is -2.14. The van der Waals surface area contributed by atoms with Crippen molar-refractivity contribution in [3.05, 3.63) is 0 Å². The van der Waals surface area contributed by atoms with Crippen LogP contribution in [0, 0.1) is 0 Å². The molecule has 0 radical (unpaired) electrons. The number of hydrogen-bond acceptors (Lipinski definition) is 2. The number of carbonyl (C=O) groups excluding carboxylic acids is 1. The van der Waals surface area contributed by atoms with Crippen molar-refractivity contribution in [2.24, 2.45) is 0 Å². The molecule has 0 aliphatic rings. The fraction of sp³-hybridized carbons (Fsp3) is 0.833. The molecule has 0 aromatic heterocycles. The molecule has 0 bridgehead atoms. The molecule has 0 atom stereocenters. The predicted octanol–water partition coefficient (Wildman–Crippen LogP) is 0.931. The molecule has 0 aromatic rings. The predicted molar refractivity (Wildman–Crippen MR) is 43.1 cm³/mol. The van der Waals surface area contributed by atoms with E-state index in [1.165, 1.54) is 6.92 Å². The normalized spacial score (nSPS) is 11.2. The second-order valence-corrected chi connectivity index (χ2v) is 8.92. The summed E-state index contributed by atoms with van der Waals surface area (Å²) in [6.07, 6.45) is 0.673. The topological polar surface area (TPSA) is 38.3 Å². The molecule has 0 aliphatic heterocycles. The van der Waals surface area contributed by atoms with E-state index < -0.39 is 8.07 Å². The van der Waals surface area contributed by atoms with E-state index in [0.717, 1.165) is 0 Å². The van der Waals surface area contributed by atoms with Crippen LogP contribution in [0.1, 0.15) is 6.92 Å². The van der Waals surface area contributed by atoms with Gasteiger partial charge in [0.2, 0.25) is 5.91 Å². The van der Waals surface area contributed by atoms with Gasteiger partial charge in [0, 0.05) is 6.92 Å². The van der Waals surface area contributed by atoms with E-state index in [4.69, 9.17) is 4.84 Å². The number of rotatable bonds is 3. The molecule has 0 saturated heterocycles. The van der Waals surface area contributed by atoms with Crippen LogP contribution >= 0.6 is 0 Å². The summed E-state index contributed by atoms with van der Waals surface area (Å²) in [6.45, 7) is 7.96. The van der Waals surface area contributed by atoms with Crippen molar-refractivity contribution in [1.82, 2.24) is 5.48 Å². The molecule has 60 valence electrons. The Morgan fingerprint density at radius 1 is 1.50 bits per heavy atom. The number of amides is 1. The Labute approximate surface area is 62.7 Å². The zero-order valence-corrected chi connectivity index (χ0v) is 8.02. The molecular formula is C6H15NO2Si. The summed E-state index contributed by atoms with van der Waals surface area (Å²) in [6, 6.07) is 0. The standard InChI is InChI=1S/C6H15NO2Si/c1-6(8)7-9-5-10(2,3)4/h5H2,1-4H3,(H,7,8). The highest BCUT2D eigenvalue weighted by atomic mass is 28.3. The number of hydrogen-bond donors (Lipinski definition) is 1. The lowest BCUT2D eigenvalue weighted by atomic mass is 10.8. The Bertz CT molecular complexity index is 119. The lowest BCUT2D eigenvalue weighted by molar-refractivity contribution is -0.129. The first-order valence-electron chi connectivity index (χ1n) is 3.30. The first-order valence-corrected chi connectivity index (χ1v) is 7.01. The summed E-state index contributed by atoms with van der Waals surface area (Å²) in [5.41, 5.74) is 2.30. The van der Waals surface area contributed by atoms with Gasteiger partial charge in [0.05, 0.1) is 14.3 Å². The van der Waals surface area contributed by atoms with Gasteiger partial charge in [-0.25, -0.2) is 5.48 Å². The van der Waals surface area contributed by atoms with Gasteiger partial charge < -0.3 is 0 Å². The molecule has 3 nitrogen and oxygen atoms in total. The average Bonchev–Trinajstić information content (AvgIpc) is 1.59. The van der Waals surface area contributed by atoms with Gasteiger partial charge in [-0.3, -0.25) is 9.63 Å². The smallest absolute Gasteiger partial charge is 0.240 e. The lowest BCUT2D eigenvalue weighted by Crippen LogP contribution is -2.33. The molecule has 0 saturated carbocycles. The maximum atomic E-state index is 10.3. The molecule has 1 N–H and O–H groups in total. The quantitative estimate of drug-likeness (QED) is 0.494. The summed E-state index contributed by atoms with van der Waals surface area (Å²) in [4.78, 5) is 15.2. The van der Waals surface area contributed by atoms with E-state index >= 15 is 0 Å². The van der Waals surface area contributed by atoms with Crippen LogP contribution in [0.25, 0.3) is 0 Å². The van der Waals surface area contributed by atoms with Crippen LogP contribution in [-0.2, 0) is 9.63 Å². The summed E-state index contributed by atoms with van der Waals surface area (Å²) in [5, 5.41) is 0. The second-order valence-electron chi connectivity index (χ2n) is 3.51. The van der Waals surface area contributed by atoms with Gasteiger partial charge in [-0.2, -0.15) is 0 Å².